The number of hydrogen-bond acceptors (Lipinski definition) is 0. The first-order chi connectivity index (χ1) is 10.7. The van der Waals surface area contributed by atoms with Gasteiger partial charge in [-0.3, -0.25) is 0 Å². The summed E-state index contributed by atoms with van der Waals surface area (Å²) in [6.07, 6.45) is 11.8. The van der Waals surface area contributed by atoms with Crippen molar-refractivity contribution in [2.24, 2.45) is 17.8 Å². The van der Waals surface area contributed by atoms with Gasteiger partial charge >= 0.3 is 0 Å². The average Bonchev–Trinajstić information content (AvgIpc) is 2.56. The van der Waals surface area contributed by atoms with E-state index in [4.69, 9.17) is 0 Å². The van der Waals surface area contributed by atoms with Crippen LogP contribution in [0.4, 0.5) is 4.39 Å². The van der Waals surface area contributed by atoms with E-state index in [0.29, 0.717) is 5.92 Å². The fraction of sp³-hybridized carbons (Fsp3) is 0.619. The monoisotopic (exact) mass is 300 g/mol. The minimum absolute atomic E-state index is 0.0110. The maximum atomic E-state index is 14.2. The maximum Gasteiger partial charge on any atom is 0.126 e. The van der Waals surface area contributed by atoms with Crippen molar-refractivity contribution in [1.82, 2.24) is 0 Å². The van der Waals surface area contributed by atoms with Gasteiger partial charge in [-0.1, -0.05) is 31.6 Å². The van der Waals surface area contributed by atoms with Crippen molar-refractivity contribution in [3.63, 3.8) is 0 Å². The Labute approximate surface area is 134 Å². The molecule has 0 heterocycles. The Hall–Kier alpha value is -1.11. The second-order valence-electron chi connectivity index (χ2n) is 7.44. The molecule has 3 rings (SSSR count). The van der Waals surface area contributed by atoms with Crippen molar-refractivity contribution in [3.05, 3.63) is 47.8 Å². The van der Waals surface area contributed by atoms with Crippen LogP contribution in [0.5, 0.6) is 0 Å². The van der Waals surface area contributed by atoms with Crippen LogP contribution in [0.3, 0.4) is 0 Å². The van der Waals surface area contributed by atoms with E-state index in [1.807, 2.05) is 12.1 Å². The molecule has 120 valence electrons. The van der Waals surface area contributed by atoms with Gasteiger partial charge in [-0.25, -0.2) is 4.39 Å². The number of hydrogen-bond donors (Lipinski definition) is 0. The molecule has 22 heavy (non-hydrogen) atoms. The van der Waals surface area contributed by atoms with Crippen molar-refractivity contribution < 1.29 is 4.39 Å². The molecular formula is C21H29F. The number of aryl methyl sites for hydroxylation is 1. The van der Waals surface area contributed by atoms with Gasteiger partial charge in [-0.15, -0.1) is 6.58 Å². The van der Waals surface area contributed by atoms with Crippen LogP contribution in [-0.4, -0.2) is 0 Å². The summed E-state index contributed by atoms with van der Waals surface area (Å²) >= 11 is 0. The van der Waals surface area contributed by atoms with Gasteiger partial charge in [0.25, 0.3) is 0 Å². The molecule has 2 aliphatic rings. The maximum absolute atomic E-state index is 14.2. The first-order valence-electron chi connectivity index (χ1n) is 9.12. The molecule has 0 saturated heterocycles. The number of allylic oxidation sites excluding steroid dienone is 1. The Morgan fingerprint density at radius 2 is 1.91 bits per heavy atom. The first-order valence-corrected chi connectivity index (χ1v) is 9.12. The van der Waals surface area contributed by atoms with Gasteiger partial charge < -0.3 is 0 Å². The second-order valence-corrected chi connectivity index (χ2v) is 7.44. The number of benzene rings is 1. The Morgan fingerprint density at radius 3 is 2.64 bits per heavy atom. The number of fused-ring (bicyclic) bond motifs is 1. The molecule has 4 atom stereocenters. The molecule has 0 radical (unpaired) electrons. The van der Waals surface area contributed by atoms with E-state index in [1.165, 1.54) is 44.1 Å². The predicted molar refractivity (Wildman–Crippen MR) is 91.5 cm³/mol. The van der Waals surface area contributed by atoms with Gasteiger partial charge in [-0.05, 0) is 85.8 Å². The molecule has 0 aliphatic heterocycles. The zero-order chi connectivity index (χ0) is 15.5. The fourth-order valence-electron chi connectivity index (χ4n) is 4.73. The molecular weight excluding hydrogens is 271 g/mol. The standard InChI is InChI=1S/C21H29F/c1-3-5-16-8-9-20(14-21(16)22)19-11-10-17-12-15(4-2)6-7-18(17)13-19/h4,8-9,14-15,17-19H,2-3,5-7,10-13H2,1H3. The van der Waals surface area contributed by atoms with Crippen molar-refractivity contribution in [3.8, 4) is 0 Å². The van der Waals surface area contributed by atoms with Crippen LogP contribution in [0.1, 0.15) is 68.9 Å². The average molecular weight is 300 g/mol. The normalized spacial score (nSPS) is 31.5. The molecule has 2 fully saturated rings. The predicted octanol–water partition coefficient (Wildman–Crippen LogP) is 6.26. The molecule has 0 bridgehead atoms. The highest BCUT2D eigenvalue weighted by molar-refractivity contribution is 5.27. The molecule has 2 aliphatic carbocycles. The molecule has 4 unspecified atom stereocenters. The van der Waals surface area contributed by atoms with Gasteiger partial charge in [-0.2, -0.15) is 0 Å². The lowest BCUT2D eigenvalue weighted by molar-refractivity contribution is 0.133. The van der Waals surface area contributed by atoms with Crippen LogP contribution < -0.4 is 0 Å². The van der Waals surface area contributed by atoms with Gasteiger partial charge in [0, 0.05) is 0 Å². The smallest absolute Gasteiger partial charge is 0.126 e. The summed E-state index contributed by atoms with van der Waals surface area (Å²) in [5, 5.41) is 0. The van der Waals surface area contributed by atoms with Crippen LogP contribution in [-0.2, 0) is 6.42 Å². The summed E-state index contributed by atoms with van der Waals surface area (Å²) in [5.74, 6) is 3.07. The van der Waals surface area contributed by atoms with Crippen molar-refractivity contribution in [2.75, 3.05) is 0 Å². The van der Waals surface area contributed by atoms with Crippen molar-refractivity contribution in [2.45, 2.75) is 64.2 Å². The minimum Gasteiger partial charge on any atom is -0.207 e. The molecule has 0 aromatic heterocycles. The van der Waals surface area contributed by atoms with Crippen LogP contribution in [0, 0.1) is 23.6 Å². The van der Waals surface area contributed by atoms with E-state index in [1.54, 1.807) is 0 Å². The van der Waals surface area contributed by atoms with E-state index >= 15 is 0 Å². The molecule has 0 nitrogen and oxygen atoms in total. The van der Waals surface area contributed by atoms with Gasteiger partial charge in [0.05, 0.1) is 0 Å². The molecule has 0 N–H and O–H groups in total. The quantitative estimate of drug-likeness (QED) is 0.575. The molecule has 0 amide bonds. The van der Waals surface area contributed by atoms with Crippen LogP contribution >= 0.6 is 0 Å². The van der Waals surface area contributed by atoms with Gasteiger partial charge in [0.1, 0.15) is 5.82 Å². The Morgan fingerprint density at radius 1 is 1.14 bits per heavy atom. The van der Waals surface area contributed by atoms with Crippen molar-refractivity contribution in [1.29, 1.82) is 0 Å². The Kier molecular flexibility index (Phi) is 5.00. The van der Waals surface area contributed by atoms with Crippen LogP contribution in [0.15, 0.2) is 30.9 Å². The lowest BCUT2D eigenvalue weighted by atomic mass is 9.64. The lowest BCUT2D eigenvalue weighted by Crippen LogP contribution is -2.30. The lowest BCUT2D eigenvalue weighted by Gasteiger charge is -2.41. The van der Waals surface area contributed by atoms with Crippen molar-refractivity contribution >= 4 is 0 Å². The minimum atomic E-state index is 0.0110. The third kappa shape index (κ3) is 3.29. The fourth-order valence-corrected chi connectivity index (χ4v) is 4.73. The van der Waals surface area contributed by atoms with E-state index < -0.39 is 0 Å². The molecule has 1 aromatic rings. The summed E-state index contributed by atoms with van der Waals surface area (Å²) in [7, 11) is 0. The number of rotatable bonds is 4. The van der Waals surface area contributed by atoms with Gasteiger partial charge in [0.2, 0.25) is 0 Å². The summed E-state index contributed by atoms with van der Waals surface area (Å²) in [6, 6.07) is 6.04. The summed E-state index contributed by atoms with van der Waals surface area (Å²) in [4.78, 5) is 0. The largest absolute Gasteiger partial charge is 0.207 e. The summed E-state index contributed by atoms with van der Waals surface area (Å²) in [5.41, 5.74) is 2.12. The summed E-state index contributed by atoms with van der Waals surface area (Å²) < 4.78 is 14.2. The van der Waals surface area contributed by atoms with E-state index in [-0.39, 0.29) is 5.82 Å². The third-order valence-corrected chi connectivity index (χ3v) is 6.05. The molecule has 2 saturated carbocycles. The van der Waals surface area contributed by atoms with Gasteiger partial charge in [0.15, 0.2) is 0 Å². The highest BCUT2D eigenvalue weighted by Gasteiger charge is 2.35. The summed E-state index contributed by atoms with van der Waals surface area (Å²) in [6.45, 7) is 6.08. The third-order valence-electron chi connectivity index (χ3n) is 6.05. The van der Waals surface area contributed by atoms with E-state index in [0.717, 1.165) is 36.2 Å². The Balaban J connectivity index is 1.67. The van der Waals surface area contributed by atoms with Crippen LogP contribution in [0.2, 0.25) is 0 Å². The topological polar surface area (TPSA) is 0 Å². The zero-order valence-corrected chi connectivity index (χ0v) is 13.9. The highest BCUT2D eigenvalue weighted by atomic mass is 19.1. The zero-order valence-electron chi connectivity index (χ0n) is 13.9. The SMILES string of the molecule is C=CC1CCC2CC(c3ccc(CCC)c(F)c3)CCC2C1. The highest BCUT2D eigenvalue weighted by Crippen LogP contribution is 2.47. The molecule has 0 spiro atoms. The second kappa shape index (κ2) is 6.98. The van der Waals surface area contributed by atoms with Crippen LogP contribution in [0.25, 0.3) is 0 Å². The molecule has 1 aromatic carbocycles. The van der Waals surface area contributed by atoms with E-state index in [9.17, 15) is 4.39 Å². The number of halogens is 1. The van der Waals surface area contributed by atoms with E-state index in [2.05, 4.69) is 25.6 Å². The molecule has 1 heteroatoms. The first kappa shape index (κ1) is 15.8. The Bertz CT molecular complexity index is 519.